The zero-order valence-corrected chi connectivity index (χ0v) is 19.3. The lowest BCUT2D eigenvalue weighted by molar-refractivity contribution is -0.126. The first-order valence-corrected chi connectivity index (χ1v) is 11.3. The number of fused-ring (bicyclic) bond motifs is 1. The lowest BCUT2D eigenvalue weighted by atomic mass is 9.96. The number of amides is 2. The number of halogens is 1. The molecule has 180 valence electrons. The second kappa shape index (κ2) is 9.12. The van der Waals surface area contributed by atoms with Gasteiger partial charge in [0.25, 0.3) is 5.91 Å². The van der Waals surface area contributed by atoms with Crippen molar-refractivity contribution >= 4 is 23.3 Å². The van der Waals surface area contributed by atoms with Gasteiger partial charge >= 0.3 is 0 Å². The first kappa shape index (κ1) is 22.4. The molecule has 35 heavy (non-hydrogen) atoms. The van der Waals surface area contributed by atoms with Crippen LogP contribution in [-0.4, -0.2) is 54.7 Å². The zero-order chi connectivity index (χ0) is 24.5. The van der Waals surface area contributed by atoms with Gasteiger partial charge in [-0.25, -0.2) is 4.39 Å². The van der Waals surface area contributed by atoms with E-state index in [4.69, 9.17) is 0 Å². The first-order valence-electron chi connectivity index (χ1n) is 11.3. The SMILES string of the molecule is Cc1cc(C(=O)NNC(=O)C2CCN(c3ccc4nnnn4n3)CC2)c(C)n1-c1ccc(F)cc1. The second-order valence-electron chi connectivity index (χ2n) is 8.52. The number of anilines is 1. The number of benzene rings is 1. The third-order valence-corrected chi connectivity index (χ3v) is 6.31. The molecule has 1 aliphatic heterocycles. The summed E-state index contributed by atoms with van der Waals surface area (Å²) < 4.78 is 16.5. The van der Waals surface area contributed by atoms with E-state index in [9.17, 15) is 14.0 Å². The molecular formula is C23H24FN9O2. The second-order valence-corrected chi connectivity index (χ2v) is 8.52. The highest BCUT2D eigenvalue weighted by atomic mass is 19.1. The van der Waals surface area contributed by atoms with Crippen molar-refractivity contribution in [2.45, 2.75) is 26.7 Å². The molecule has 1 fully saturated rings. The predicted molar refractivity (Wildman–Crippen MR) is 124 cm³/mol. The smallest absolute Gasteiger partial charge is 0.271 e. The minimum absolute atomic E-state index is 0.227. The topological polar surface area (TPSA) is 122 Å². The minimum Gasteiger partial charge on any atom is -0.355 e. The maximum Gasteiger partial charge on any atom is 0.271 e. The van der Waals surface area contributed by atoms with E-state index < -0.39 is 5.91 Å². The predicted octanol–water partition coefficient (Wildman–Crippen LogP) is 1.74. The molecule has 1 aliphatic rings. The number of nitrogens with zero attached hydrogens (tertiary/aromatic N) is 7. The van der Waals surface area contributed by atoms with Crippen LogP contribution < -0.4 is 15.8 Å². The number of hydrazine groups is 1. The van der Waals surface area contributed by atoms with E-state index in [1.807, 2.05) is 24.5 Å². The van der Waals surface area contributed by atoms with Crippen LogP contribution >= 0.6 is 0 Å². The van der Waals surface area contributed by atoms with Crippen LogP contribution in [0.5, 0.6) is 0 Å². The quantitative estimate of drug-likeness (QED) is 0.429. The monoisotopic (exact) mass is 477 g/mol. The van der Waals surface area contributed by atoms with E-state index in [-0.39, 0.29) is 17.6 Å². The molecule has 11 nitrogen and oxygen atoms in total. The number of tetrazole rings is 1. The fourth-order valence-electron chi connectivity index (χ4n) is 4.45. The van der Waals surface area contributed by atoms with Gasteiger partial charge < -0.3 is 9.47 Å². The van der Waals surface area contributed by atoms with Crippen LogP contribution in [0, 0.1) is 25.6 Å². The number of carbonyl (C=O) groups excluding carboxylic acids is 2. The van der Waals surface area contributed by atoms with E-state index in [2.05, 4.69) is 36.4 Å². The summed E-state index contributed by atoms with van der Waals surface area (Å²) in [4.78, 5) is 27.6. The average Bonchev–Trinajstić information content (AvgIpc) is 3.46. The van der Waals surface area contributed by atoms with Gasteiger partial charge in [-0.2, -0.15) is 0 Å². The molecule has 12 heteroatoms. The van der Waals surface area contributed by atoms with E-state index in [0.29, 0.717) is 42.8 Å². The summed E-state index contributed by atoms with van der Waals surface area (Å²) in [6.45, 7) is 4.96. The van der Waals surface area contributed by atoms with Gasteiger partial charge in [0.05, 0.1) is 5.56 Å². The number of rotatable bonds is 4. The van der Waals surface area contributed by atoms with Crippen LogP contribution in [0.3, 0.4) is 0 Å². The molecule has 4 heterocycles. The lowest BCUT2D eigenvalue weighted by Gasteiger charge is -2.31. The number of aryl methyl sites for hydroxylation is 1. The molecule has 0 spiro atoms. The van der Waals surface area contributed by atoms with Crippen LogP contribution in [-0.2, 0) is 4.79 Å². The van der Waals surface area contributed by atoms with Crippen molar-refractivity contribution in [1.29, 1.82) is 0 Å². The zero-order valence-electron chi connectivity index (χ0n) is 19.3. The molecule has 5 rings (SSSR count). The van der Waals surface area contributed by atoms with Crippen LogP contribution in [0.25, 0.3) is 11.3 Å². The van der Waals surface area contributed by atoms with Gasteiger partial charge in [-0.1, -0.05) is 0 Å². The Morgan fingerprint density at radius 1 is 1.03 bits per heavy atom. The number of hydrogen-bond acceptors (Lipinski definition) is 7. The summed E-state index contributed by atoms with van der Waals surface area (Å²) in [5.41, 5.74) is 8.38. The van der Waals surface area contributed by atoms with Gasteiger partial charge in [0.2, 0.25) is 5.91 Å². The number of carbonyl (C=O) groups is 2. The standard InChI is InChI=1S/C23H24FN9O2/c1-14-13-19(15(2)32(14)18-5-3-17(24)4-6-18)23(35)27-26-22(34)16-9-11-31(12-10-16)21-8-7-20-25-29-30-33(20)28-21/h3-8,13,16H,9-12H2,1-2H3,(H,26,34)(H,27,35). The van der Waals surface area contributed by atoms with Gasteiger partial charge in [-0.15, -0.1) is 14.8 Å². The normalized spacial score (nSPS) is 14.3. The summed E-state index contributed by atoms with van der Waals surface area (Å²) in [5, 5.41) is 15.6. The van der Waals surface area contributed by atoms with Crippen molar-refractivity contribution in [3.05, 3.63) is 65.2 Å². The van der Waals surface area contributed by atoms with Crippen LogP contribution in [0.15, 0.2) is 42.5 Å². The van der Waals surface area contributed by atoms with E-state index in [1.165, 1.54) is 16.8 Å². The highest BCUT2D eigenvalue weighted by Crippen LogP contribution is 2.23. The van der Waals surface area contributed by atoms with Crippen LogP contribution in [0.1, 0.15) is 34.6 Å². The first-order chi connectivity index (χ1) is 16.9. The number of nitrogens with one attached hydrogen (secondary N) is 2. The Labute approximate surface area is 199 Å². The van der Waals surface area contributed by atoms with Gasteiger partial charge in [0, 0.05) is 36.1 Å². The molecule has 0 bridgehead atoms. The van der Waals surface area contributed by atoms with E-state index >= 15 is 0 Å². The molecular weight excluding hydrogens is 453 g/mol. The molecule has 0 aliphatic carbocycles. The minimum atomic E-state index is -0.406. The fourth-order valence-corrected chi connectivity index (χ4v) is 4.45. The third-order valence-electron chi connectivity index (χ3n) is 6.31. The highest BCUT2D eigenvalue weighted by molar-refractivity contribution is 5.97. The molecule has 0 unspecified atom stereocenters. The molecule has 2 amide bonds. The molecule has 1 saturated heterocycles. The Balaban J connectivity index is 1.17. The molecule has 0 atom stereocenters. The number of piperidine rings is 1. The highest BCUT2D eigenvalue weighted by Gasteiger charge is 2.27. The van der Waals surface area contributed by atoms with Crippen molar-refractivity contribution in [2.24, 2.45) is 5.92 Å². The molecule has 2 N–H and O–H groups in total. The largest absolute Gasteiger partial charge is 0.355 e. The van der Waals surface area contributed by atoms with Crippen molar-refractivity contribution < 1.29 is 14.0 Å². The summed E-state index contributed by atoms with van der Waals surface area (Å²) in [5.74, 6) is -0.443. The van der Waals surface area contributed by atoms with Gasteiger partial charge in [-0.3, -0.25) is 20.4 Å². The number of hydrogen-bond donors (Lipinski definition) is 2. The van der Waals surface area contributed by atoms with E-state index in [1.54, 1.807) is 24.3 Å². The molecule has 3 aromatic heterocycles. The lowest BCUT2D eigenvalue weighted by Crippen LogP contribution is -2.47. The summed E-state index contributed by atoms with van der Waals surface area (Å²) in [7, 11) is 0. The Bertz CT molecular complexity index is 1390. The average molecular weight is 478 g/mol. The van der Waals surface area contributed by atoms with Gasteiger partial charge in [0.1, 0.15) is 5.82 Å². The Morgan fingerprint density at radius 3 is 2.51 bits per heavy atom. The van der Waals surface area contributed by atoms with Crippen molar-refractivity contribution in [3.8, 4) is 5.69 Å². The molecule has 4 aromatic rings. The van der Waals surface area contributed by atoms with Crippen LogP contribution in [0.4, 0.5) is 10.2 Å². The molecule has 1 aromatic carbocycles. The Kier molecular flexibility index (Phi) is 5.85. The van der Waals surface area contributed by atoms with Crippen molar-refractivity contribution in [1.82, 2.24) is 40.7 Å². The summed E-state index contributed by atoms with van der Waals surface area (Å²) in [6, 6.07) is 11.5. The summed E-state index contributed by atoms with van der Waals surface area (Å²) >= 11 is 0. The van der Waals surface area contributed by atoms with Crippen molar-refractivity contribution in [3.63, 3.8) is 0 Å². The Hall–Kier alpha value is -4.35. The maximum absolute atomic E-state index is 13.3. The van der Waals surface area contributed by atoms with Gasteiger partial charge in [-0.05, 0) is 79.6 Å². The fraction of sp³-hybridized carbons (Fsp3) is 0.304. The van der Waals surface area contributed by atoms with E-state index in [0.717, 1.165) is 17.2 Å². The van der Waals surface area contributed by atoms with Crippen LogP contribution in [0.2, 0.25) is 0 Å². The molecule has 0 radical (unpaired) electrons. The summed E-state index contributed by atoms with van der Waals surface area (Å²) in [6.07, 6.45) is 1.24. The molecule has 0 saturated carbocycles. The van der Waals surface area contributed by atoms with Crippen molar-refractivity contribution in [2.75, 3.05) is 18.0 Å². The third kappa shape index (κ3) is 4.42. The maximum atomic E-state index is 13.3. The Morgan fingerprint density at radius 2 is 1.77 bits per heavy atom. The van der Waals surface area contributed by atoms with Gasteiger partial charge in [0.15, 0.2) is 11.5 Å². The number of aromatic nitrogens is 6.